The predicted octanol–water partition coefficient (Wildman–Crippen LogP) is 3.97. The molecule has 0 spiro atoms. The number of halogens is 2. The van der Waals surface area contributed by atoms with Crippen LogP contribution >= 0.6 is 11.6 Å². The Balaban J connectivity index is 3.44. The third kappa shape index (κ3) is 5.26. The Kier molecular flexibility index (Phi) is 8.03. The lowest BCUT2D eigenvalue weighted by atomic mass is 9.88. The quantitative estimate of drug-likeness (QED) is 0.314. The molecule has 0 aliphatic carbocycles. The maximum absolute atomic E-state index is 13.6. The average Bonchev–Trinajstić information content (AvgIpc) is 2.54. The van der Waals surface area contributed by atoms with Gasteiger partial charge in [-0.1, -0.05) is 31.5 Å². The van der Waals surface area contributed by atoms with E-state index in [9.17, 15) is 14.0 Å². The Hall–Kier alpha value is -1.95. The molecule has 0 bridgehead atoms. The molecule has 0 N–H and O–H groups in total. The van der Waals surface area contributed by atoms with Gasteiger partial charge in [0.05, 0.1) is 30.1 Å². The molecule has 7 heteroatoms. The molecule has 1 atom stereocenters. The highest BCUT2D eigenvalue weighted by Gasteiger charge is 2.27. The van der Waals surface area contributed by atoms with Crippen LogP contribution < -0.4 is 0 Å². The van der Waals surface area contributed by atoms with E-state index in [1.165, 1.54) is 6.08 Å². The summed E-state index contributed by atoms with van der Waals surface area (Å²) in [6.45, 7) is 8.98. The molecule has 138 valence electrons. The zero-order chi connectivity index (χ0) is 19.1. The second-order valence-electron chi connectivity index (χ2n) is 5.72. The van der Waals surface area contributed by atoms with Gasteiger partial charge in [0.25, 0.3) is 0 Å². The molecular weight excluding hydrogens is 349 g/mol. The summed E-state index contributed by atoms with van der Waals surface area (Å²) in [5, 5.41) is -0.0298. The Morgan fingerprint density at radius 1 is 1.24 bits per heavy atom. The third-order valence-electron chi connectivity index (χ3n) is 3.61. The van der Waals surface area contributed by atoms with E-state index in [1.807, 2.05) is 13.8 Å². The normalized spacial score (nSPS) is 11.8. The van der Waals surface area contributed by atoms with Crippen molar-refractivity contribution in [2.24, 2.45) is 5.92 Å². The van der Waals surface area contributed by atoms with Crippen molar-refractivity contribution in [3.63, 3.8) is 0 Å². The Labute approximate surface area is 152 Å². The van der Waals surface area contributed by atoms with E-state index in [4.69, 9.17) is 21.1 Å². The van der Waals surface area contributed by atoms with Crippen LogP contribution in [0.3, 0.4) is 0 Å². The van der Waals surface area contributed by atoms with Gasteiger partial charge in [-0.15, -0.1) is 0 Å². The van der Waals surface area contributed by atoms with Crippen molar-refractivity contribution in [3.05, 3.63) is 39.9 Å². The van der Waals surface area contributed by atoms with Crippen LogP contribution in [0.1, 0.15) is 44.9 Å². The number of pyridine rings is 1. The maximum atomic E-state index is 13.6. The topological polar surface area (TPSA) is 65.5 Å². The molecular formula is C18H23ClFNO4. The first kappa shape index (κ1) is 21.1. The molecule has 5 nitrogen and oxygen atoms in total. The van der Waals surface area contributed by atoms with Crippen LogP contribution in [0, 0.1) is 18.7 Å². The van der Waals surface area contributed by atoms with E-state index >= 15 is 0 Å². The number of hydrogen-bond donors (Lipinski definition) is 0. The molecule has 0 aliphatic rings. The molecule has 0 saturated heterocycles. The molecule has 1 rings (SSSR count). The van der Waals surface area contributed by atoms with Crippen LogP contribution in [0.4, 0.5) is 4.39 Å². The highest BCUT2D eigenvalue weighted by molar-refractivity contribution is 6.31. The largest absolute Gasteiger partial charge is 0.462 e. The average molecular weight is 372 g/mol. The predicted molar refractivity (Wildman–Crippen MR) is 92.9 cm³/mol. The highest BCUT2D eigenvalue weighted by Crippen LogP contribution is 2.32. The van der Waals surface area contributed by atoms with Gasteiger partial charge in [0.2, 0.25) is 0 Å². The van der Waals surface area contributed by atoms with Crippen LogP contribution in [-0.2, 0) is 19.1 Å². The van der Waals surface area contributed by atoms with Gasteiger partial charge < -0.3 is 9.47 Å². The number of allylic oxidation sites excluding steroid dienone is 1. The van der Waals surface area contributed by atoms with Gasteiger partial charge in [0.1, 0.15) is 5.57 Å². The minimum atomic E-state index is -0.766. The van der Waals surface area contributed by atoms with E-state index in [2.05, 4.69) is 4.98 Å². The zero-order valence-electron chi connectivity index (χ0n) is 15.1. The Morgan fingerprint density at radius 3 is 2.20 bits per heavy atom. The number of rotatable bonds is 7. The molecule has 0 aromatic carbocycles. The summed E-state index contributed by atoms with van der Waals surface area (Å²) >= 11 is 5.97. The van der Waals surface area contributed by atoms with Crippen LogP contribution in [0.25, 0.3) is 0 Å². The van der Waals surface area contributed by atoms with E-state index in [0.717, 1.165) is 6.20 Å². The molecule has 0 aliphatic heterocycles. The number of carbonyl (C=O) groups is 2. The molecule has 1 heterocycles. The lowest BCUT2D eigenvalue weighted by molar-refractivity contribution is -0.146. The zero-order valence-corrected chi connectivity index (χ0v) is 15.8. The van der Waals surface area contributed by atoms with Crippen molar-refractivity contribution in [3.8, 4) is 0 Å². The summed E-state index contributed by atoms with van der Waals surface area (Å²) < 4.78 is 23.5. The molecule has 1 unspecified atom stereocenters. The van der Waals surface area contributed by atoms with Gasteiger partial charge in [-0.3, -0.25) is 4.98 Å². The van der Waals surface area contributed by atoms with Crippen LogP contribution in [-0.4, -0.2) is 30.1 Å². The van der Waals surface area contributed by atoms with E-state index in [1.54, 1.807) is 20.8 Å². The summed E-state index contributed by atoms with van der Waals surface area (Å²) in [7, 11) is 0. The third-order valence-corrected chi connectivity index (χ3v) is 4.08. The lowest BCUT2D eigenvalue weighted by Gasteiger charge is -2.20. The molecule has 0 amide bonds. The molecule has 1 aromatic rings. The molecule has 0 saturated carbocycles. The number of esters is 2. The van der Waals surface area contributed by atoms with Crippen LogP contribution in [0.2, 0.25) is 5.02 Å². The van der Waals surface area contributed by atoms with Crippen LogP contribution in [0.5, 0.6) is 0 Å². The van der Waals surface area contributed by atoms with Crippen LogP contribution in [0.15, 0.2) is 17.8 Å². The van der Waals surface area contributed by atoms with Crippen molar-refractivity contribution in [1.29, 1.82) is 0 Å². The summed E-state index contributed by atoms with van der Waals surface area (Å²) in [5.74, 6) is -2.63. The first-order valence-corrected chi connectivity index (χ1v) is 8.48. The highest BCUT2D eigenvalue weighted by atomic mass is 35.5. The van der Waals surface area contributed by atoms with Gasteiger partial charge in [0, 0.05) is 5.92 Å². The van der Waals surface area contributed by atoms with Crippen molar-refractivity contribution >= 4 is 23.5 Å². The standard InChI is InChI=1S/C18H23ClFNO4/c1-6-24-17(22)13(18(23)25-7-2)8-12(10(3)4)16-11(5)15(19)14(20)9-21-16/h8-10,12H,6-7H2,1-5H3. The Bertz CT molecular complexity index is 653. The summed E-state index contributed by atoms with van der Waals surface area (Å²) in [6, 6.07) is 0. The van der Waals surface area contributed by atoms with E-state index < -0.39 is 23.7 Å². The number of aromatic nitrogens is 1. The second kappa shape index (κ2) is 9.51. The Morgan fingerprint density at radius 2 is 1.76 bits per heavy atom. The summed E-state index contributed by atoms with van der Waals surface area (Å²) in [4.78, 5) is 28.4. The smallest absolute Gasteiger partial charge is 0.345 e. The fourth-order valence-electron chi connectivity index (χ4n) is 2.31. The molecule has 1 aromatic heterocycles. The first-order chi connectivity index (χ1) is 11.7. The summed E-state index contributed by atoms with van der Waals surface area (Å²) in [5.41, 5.74) is 0.750. The van der Waals surface area contributed by atoms with Gasteiger partial charge in [0.15, 0.2) is 5.82 Å². The maximum Gasteiger partial charge on any atom is 0.345 e. The van der Waals surface area contributed by atoms with Crippen molar-refractivity contribution in [1.82, 2.24) is 4.98 Å². The van der Waals surface area contributed by atoms with E-state index in [-0.39, 0.29) is 29.7 Å². The van der Waals surface area contributed by atoms with Crippen molar-refractivity contribution in [2.45, 2.75) is 40.5 Å². The van der Waals surface area contributed by atoms with E-state index in [0.29, 0.717) is 11.3 Å². The lowest BCUT2D eigenvalue weighted by Crippen LogP contribution is -2.21. The van der Waals surface area contributed by atoms with Gasteiger partial charge in [-0.25, -0.2) is 14.0 Å². The molecule has 25 heavy (non-hydrogen) atoms. The number of nitrogens with zero attached hydrogens (tertiary/aromatic N) is 1. The molecule has 0 fully saturated rings. The fraction of sp³-hybridized carbons (Fsp3) is 0.500. The first-order valence-electron chi connectivity index (χ1n) is 8.11. The van der Waals surface area contributed by atoms with Crippen molar-refractivity contribution < 1.29 is 23.5 Å². The SMILES string of the molecule is CCOC(=O)C(=CC(c1ncc(F)c(Cl)c1C)C(C)C)C(=O)OCC. The van der Waals surface area contributed by atoms with Gasteiger partial charge in [-0.2, -0.15) is 0 Å². The fourth-order valence-corrected chi connectivity index (χ4v) is 2.46. The minimum Gasteiger partial charge on any atom is -0.462 e. The van der Waals surface area contributed by atoms with Gasteiger partial charge in [-0.05, 0) is 32.3 Å². The van der Waals surface area contributed by atoms with Crippen molar-refractivity contribution in [2.75, 3.05) is 13.2 Å². The van der Waals surface area contributed by atoms with Gasteiger partial charge >= 0.3 is 11.9 Å². The monoisotopic (exact) mass is 371 g/mol. The minimum absolute atomic E-state index is 0.0298. The molecule has 0 radical (unpaired) electrons. The number of ether oxygens (including phenoxy) is 2. The number of carbonyl (C=O) groups excluding carboxylic acids is 2. The number of hydrogen-bond acceptors (Lipinski definition) is 5. The summed E-state index contributed by atoms with van der Waals surface area (Å²) in [6.07, 6.45) is 2.49. The second-order valence-corrected chi connectivity index (χ2v) is 6.10.